The van der Waals surface area contributed by atoms with Gasteiger partial charge in [0, 0.05) is 10.6 Å². The fourth-order valence-corrected chi connectivity index (χ4v) is 5.60. The first-order chi connectivity index (χ1) is 19.9. The molecule has 3 heterocycles. The average molecular weight is 678 g/mol. The van der Waals surface area contributed by atoms with Gasteiger partial charge in [-0.05, 0) is 64.8 Å². The highest BCUT2D eigenvalue weighted by Crippen LogP contribution is 2.31. The number of phenols is 1. The normalized spacial score (nSPS) is 11.5. The molecule has 0 aliphatic heterocycles. The van der Waals surface area contributed by atoms with E-state index in [4.69, 9.17) is 27.4 Å². The van der Waals surface area contributed by atoms with Crippen LogP contribution < -0.4 is 11.3 Å². The van der Waals surface area contributed by atoms with Crippen molar-refractivity contribution >= 4 is 61.9 Å². The molecule has 6 rings (SSSR count). The molecule has 0 aliphatic rings. The van der Waals surface area contributed by atoms with E-state index in [1.54, 1.807) is 33.5 Å². The van der Waals surface area contributed by atoms with E-state index in [0.29, 0.717) is 38.5 Å². The van der Waals surface area contributed by atoms with Gasteiger partial charge in [-0.25, -0.2) is 19.6 Å². The van der Waals surface area contributed by atoms with Crippen molar-refractivity contribution in [3.63, 3.8) is 0 Å². The van der Waals surface area contributed by atoms with Crippen molar-refractivity contribution in [3.8, 4) is 17.0 Å². The van der Waals surface area contributed by atoms with Crippen LogP contribution >= 0.6 is 34.2 Å². The first-order valence-corrected chi connectivity index (χ1v) is 14.9. The summed E-state index contributed by atoms with van der Waals surface area (Å²) in [4.78, 5) is 27.9. The van der Waals surface area contributed by atoms with Crippen molar-refractivity contribution in [2.24, 2.45) is 0 Å². The number of nitrogen functional groups attached to an aromatic ring is 1. The fourth-order valence-electron chi connectivity index (χ4n) is 5.02. The van der Waals surface area contributed by atoms with Crippen LogP contribution in [-0.2, 0) is 19.5 Å². The minimum atomic E-state index is -0.127. The number of hydrogen-bond acceptors (Lipinski definition) is 7. The molecule has 0 atom stereocenters. The summed E-state index contributed by atoms with van der Waals surface area (Å²) in [5, 5.41) is 16.4. The Hall–Kier alpha value is -4.03. The van der Waals surface area contributed by atoms with E-state index >= 15 is 0 Å². The van der Waals surface area contributed by atoms with E-state index < -0.39 is 0 Å². The first-order valence-electron chi connectivity index (χ1n) is 13.0. The number of phenolic OH excluding ortho intramolecular Hbond substituents is 1. The summed E-state index contributed by atoms with van der Waals surface area (Å²) in [6.45, 7) is 0.400. The monoisotopic (exact) mass is 677 g/mol. The highest BCUT2D eigenvalue weighted by molar-refractivity contribution is 14.1. The standard InChI is InChI=1S/C30H25ClIN7O2/c31-22-8-2-1-5-20(22)15-38-24(36-23-9-3-6-18(7-4-14-32)25(23)30(38)41)16-39-29-26(28(33)34-17-35-29)27(37-39)19-10-12-21(40)13-11-19/h1-3,5-6,8-13,17,40H,4,7,14-16H2,(H2,33,34,35). The SMILES string of the molecule is Nc1ncnc2c1c(-c1ccc(O)cc1)nn2Cc1nc2cccc(CCCI)c2c(=O)n1Cc1ccccc1Cl. The van der Waals surface area contributed by atoms with Crippen LogP contribution in [0.5, 0.6) is 5.75 Å². The maximum atomic E-state index is 14.2. The third-order valence-corrected chi connectivity index (χ3v) is 8.14. The van der Waals surface area contributed by atoms with Gasteiger partial charge in [0.1, 0.15) is 36.0 Å². The minimum absolute atomic E-state index is 0.127. The topological polar surface area (TPSA) is 125 Å². The predicted octanol–water partition coefficient (Wildman–Crippen LogP) is 5.61. The molecule has 0 bridgehead atoms. The zero-order valence-corrected chi connectivity index (χ0v) is 24.7. The van der Waals surface area contributed by atoms with Crippen LogP contribution in [0.4, 0.5) is 5.82 Å². The second-order valence-electron chi connectivity index (χ2n) is 9.63. The van der Waals surface area contributed by atoms with Gasteiger partial charge in [0.25, 0.3) is 5.56 Å². The smallest absolute Gasteiger partial charge is 0.262 e. The second-order valence-corrected chi connectivity index (χ2v) is 11.1. The van der Waals surface area contributed by atoms with E-state index in [-0.39, 0.29) is 30.2 Å². The number of fused-ring (bicyclic) bond motifs is 2. The lowest BCUT2D eigenvalue weighted by molar-refractivity contribution is 0.475. The van der Waals surface area contributed by atoms with Crippen LogP contribution in [0.3, 0.4) is 0 Å². The molecule has 41 heavy (non-hydrogen) atoms. The van der Waals surface area contributed by atoms with Gasteiger partial charge in [-0.15, -0.1) is 0 Å². The van der Waals surface area contributed by atoms with Gasteiger partial charge >= 0.3 is 0 Å². The molecule has 3 N–H and O–H groups in total. The number of aromatic nitrogens is 6. The van der Waals surface area contributed by atoms with Gasteiger partial charge in [-0.2, -0.15) is 5.10 Å². The van der Waals surface area contributed by atoms with Gasteiger partial charge in [-0.3, -0.25) is 9.36 Å². The van der Waals surface area contributed by atoms with E-state index in [1.165, 1.54) is 6.33 Å². The summed E-state index contributed by atoms with van der Waals surface area (Å²) < 4.78 is 4.36. The van der Waals surface area contributed by atoms with Crippen LogP contribution in [0.15, 0.2) is 77.9 Å². The summed E-state index contributed by atoms with van der Waals surface area (Å²) in [7, 11) is 0. The number of aromatic hydroxyl groups is 1. The number of alkyl halides is 1. The minimum Gasteiger partial charge on any atom is -0.508 e. The van der Waals surface area contributed by atoms with E-state index in [2.05, 4.69) is 32.6 Å². The predicted molar refractivity (Wildman–Crippen MR) is 170 cm³/mol. The highest BCUT2D eigenvalue weighted by atomic mass is 127. The van der Waals surface area contributed by atoms with Crippen molar-refractivity contribution in [3.05, 3.63) is 105 Å². The van der Waals surface area contributed by atoms with Crippen LogP contribution in [0, 0.1) is 0 Å². The van der Waals surface area contributed by atoms with E-state index in [9.17, 15) is 9.90 Å². The summed E-state index contributed by atoms with van der Waals surface area (Å²) in [5.74, 6) is 0.931. The van der Waals surface area contributed by atoms with Crippen LogP contribution in [-0.4, -0.2) is 38.8 Å². The van der Waals surface area contributed by atoms with Crippen molar-refractivity contribution in [2.75, 3.05) is 10.2 Å². The number of halogens is 2. The van der Waals surface area contributed by atoms with Gasteiger partial charge in [0.2, 0.25) is 0 Å². The Bertz CT molecular complexity index is 1950. The number of aryl methyl sites for hydroxylation is 1. The Morgan fingerprint density at radius 1 is 0.927 bits per heavy atom. The molecule has 11 heteroatoms. The number of nitrogens with two attached hydrogens (primary N) is 1. The summed E-state index contributed by atoms with van der Waals surface area (Å²) >= 11 is 8.88. The number of anilines is 1. The summed E-state index contributed by atoms with van der Waals surface area (Å²) in [6.07, 6.45) is 3.14. The Labute approximate surface area is 253 Å². The lowest BCUT2D eigenvalue weighted by Gasteiger charge is -2.16. The molecule has 0 spiro atoms. The molecular weight excluding hydrogens is 653 g/mol. The van der Waals surface area contributed by atoms with Gasteiger partial charge in [0.15, 0.2) is 5.65 Å². The third-order valence-electron chi connectivity index (χ3n) is 7.01. The van der Waals surface area contributed by atoms with Crippen LogP contribution in [0.25, 0.3) is 33.2 Å². The van der Waals surface area contributed by atoms with E-state index in [0.717, 1.165) is 34.0 Å². The number of benzene rings is 3. The number of nitrogens with zero attached hydrogens (tertiary/aromatic N) is 6. The van der Waals surface area contributed by atoms with Gasteiger partial charge in [-0.1, -0.05) is 64.5 Å². The lowest BCUT2D eigenvalue weighted by atomic mass is 10.0. The second kappa shape index (κ2) is 11.5. The molecule has 0 aliphatic carbocycles. The Balaban J connectivity index is 1.55. The molecule has 0 radical (unpaired) electrons. The highest BCUT2D eigenvalue weighted by Gasteiger charge is 2.21. The molecule has 3 aromatic heterocycles. The van der Waals surface area contributed by atoms with E-state index in [1.807, 2.05) is 42.5 Å². The molecule has 0 unspecified atom stereocenters. The molecule has 206 valence electrons. The van der Waals surface area contributed by atoms with Gasteiger partial charge in [0.05, 0.1) is 22.8 Å². The maximum absolute atomic E-state index is 14.2. The molecule has 0 saturated carbocycles. The molecule has 3 aromatic carbocycles. The Kier molecular flexibility index (Phi) is 7.59. The third kappa shape index (κ3) is 5.24. The molecular formula is C30H25ClIN7O2. The van der Waals surface area contributed by atoms with Crippen LogP contribution in [0.1, 0.15) is 23.4 Å². The zero-order chi connectivity index (χ0) is 28.5. The van der Waals surface area contributed by atoms with Gasteiger partial charge < -0.3 is 10.8 Å². The van der Waals surface area contributed by atoms with Crippen molar-refractivity contribution < 1.29 is 5.11 Å². The molecule has 0 saturated heterocycles. The molecule has 0 amide bonds. The molecule has 9 nitrogen and oxygen atoms in total. The van der Waals surface area contributed by atoms with Crippen molar-refractivity contribution in [1.82, 2.24) is 29.3 Å². The zero-order valence-electron chi connectivity index (χ0n) is 21.8. The van der Waals surface area contributed by atoms with Crippen molar-refractivity contribution in [2.45, 2.75) is 25.9 Å². The lowest BCUT2D eigenvalue weighted by Crippen LogP contribution is -2.28. The Morgan fingerprint density at radius 3 is 2.49 bits per heavy atom. The summed E-state index contributed by atoms with van der Waals surface area (Å²) in [5.41, 5.74) is 10.4. The molecule has 0 fully saturated rings. The quantitative estimate of drug-likeness (QED) is 0.159. The van der Waals surface area contributed by atoms with Crippen LogP contribution in [0.2, 0.25) is 5.02 Å². The maximum Gasteiger partial charge on any atom is 0.262 e. The summed E-state index contributed by atoms with van der Waals surface area (Å²) in [6, 6.07) is 20.0. The number of rotatable bonds is 8. The molecule has 6 aromatic rings. The number of hydrogen-bond donors (Lipinski definition) is 2. The Morgan fingerprint density at radius 2 is 1.71 bits per heavy atom. The fraction of sp³-hybridized carbons (Fsp3) is 0.167. The first kappa shape index (κ1) is 27.2. The average Bonchev–Trinajstić information content (AvgIpc) is 3.34. The van der Waals surface area contributed by atoms with Crippen molar-refractivity contribution in [1.29, 1.82) is 0 Å². The largest absolute Gasteiger partial charge is 0.508 e.